The molecule has 2 aromatic heterocycles. The first-order valence-electron chi connectivity index (χ1n) is 16.9. The van der Waals surface area contributed by atoms with Crippen LogP contribution in [0.3, 0.4) is 0 Å². The minimum atomic E-state index is 0.805. The maximum Gasteiger partial charge on any atom is 0.160 e. The lowest BCUT2D eigenvalue weighted by molar-refractivity contribution is 0.663. The molecule has 2 heterocycles. The van der Waals surface area contributed by atoms with Gasteiger partial charge in [-0.15, -0.1) is 0 Å². The summed E-state index contributed by atoms with van der Waals surface area (Å²) in [4.78, 5) is 4.57. The van der Waals surface area contributed by atoms with Gasteiger partial charge in [0.25, 0.3) is 0 Å². The van der Waals surface area contributed by atoms with Crippen LogP contribution in [0.4, 0.5) is 34.1 Å². The first-order chi connectivity index (χ1) is 24.8. The molecular weight excluding hydrogens is 613 g/mol. The SMILES string of the molecule is c1ccc(N(c2ccccc2)c2cc3oc4cc(N(c5ccccc5)c5ccccc5)c5oc6ccccc6c5c4c3c3ccccc23)cc1. The predicted octanol–water partition coefficient (Wildman–Crippen LogP) is 13.6. The van der Waals surface area contributed by atoms with Gasteiger partial charge < -0.3 is 18.6 Å². The summed E-state index contributed by atoms with van der Waals surface area (Å²) in [7, 11) is 0. The number of anilines is 6. The van der Waals surface area contributed by atoms with E-state index in [4.69, 9.17) is 8.83 Å². The van der Waals surface area contributed by atoms with Crippen molar-refractivity contribution in [3.63, 3.8) is 0 Å². The fourth-order valence-corrected chi connectivity index (χ4v) is 7.49. The third-order valence-corrected chi connectivity index (χ3v) is 9.59. The van der Waals surface area contributed by atoms with Crippen LogP contribution in [0.1, 0.15) is 0 Å². The molecule has 0 bridgehead atoms. The summed E-state index contributed by atoms with van der Waals surface area (Å²) in [5.41, 5.74) is 9.46. The Morgan fingerprint density at radius 3 is 1.28 bits per heavy atom. The molecule has 4 heteroatoms. The van der Waals surface area contributed by atoms with Crippen molar-refractivity contribution in [3.05, 3.63) is 182 Å². The van der Waals surface area contributed by atoms with Crippen molar-refractivity contribution in [2.75, 3.05) is 9.80 Å². The first kappa shape index (κ1) is 28.3. The minimum absolute atomic E-state index is 0.805. The first-order valence-corrected chi connectivity index (χ1v) is 16.9. The van der Waals surface area contributed by atoms with Crippen LogP contribution in [0, 0.1) is 0 Å². The third kappa shape index (κ3) is 4.39. The van der Waals surface area contributed by atoms with Crippen molar-refractivity contribution in [1.82, 2.24) is 0 Å². The van der Waals surface area contributed by atoms with Crippen molar-refractivity contribution in [2.24, 2.45) is 0 Å². The van der Waals surface area contributed by atoms with E-state index in [1.54, 1.807) is 0 Å². The smallest absolute Gasteiger partial charge is 0.160 e. The maximum absolute atomic E-state index is 7.02. The van der Waals surface area contributed by atoms with Gasteiger partial charge in [0.05, 0.1) is 11.4 Å². The maximum atomic E-state index is 7.02. The van der Waals surface area contributed by atoms with Gasteiger partial charge in [0.15, 0.2) is 5.58 Å². The summed E-state index contributed by atoms with van der Waals surface area (Å²) < 4.78 is 13.8. The molecule has 0 atom stereocenters. The number of nitrogens with zero attached hydrogens (tertiary/aromatic N) is 2. The molecule has 0 amide bonds. The number of fused-ring (bicyclic) bond motifs is 9. The summed E-state index contributed by atoms with van der Waals surface area (Å²) in [6.07, 6.45) is 0. The zero-order valence-corrected chi connectivity index (χ0v) is 27.0. The van der Waals surface area contributed by atoms with Crippen molar-refractivity contribution in [2.45, 2.75) is 0 Å². The lowest BCUT2D eigenvalue weighted by Crippen LogP contribution is -2.10. The molecule has 0 saturated heterocycles. The number of hydrogen-bond acceptors (Lipinski definition) is 4. The van der Waals surface area contributed by atoms with E-state index in [1.807, 2.05) is 18.2 Å². The Labute approximate surface area is 288 Å². The summed E-state index contributed by atoms with van der Waals surface area (Å²) in [5, 5.41) is 6.49. The number of rotatable bonds is 6. The van der Waals surface area contributed by atoms with Crippen LogP contribution in [0.5, 0.6) is 0 Å². The summed E-state index contributed by atoms with van der Waals surface area (Å²) >= 11 is 0. The second-order valence-corrected chi connectivity index (χ2v) is 12.5. The molecule has 8 aromatic carbocycles. The van der Waals surface area contributed by atoms with Gasteiger partial charge in [-0.1, -0.05) is 115 Å². The highest BCUT2D eigenvalue weighted by Crippen LogP contribution is 2.51. The molecule has 0 aliphatic heterocycles. The van der Waals surface area contributed by atoms with Crippen LogP contribution in [-0.4, -0.2) is 0 Å². The average Bonchev–Trinajstić information content (AvgIpc) is 3.75. The molecule has 0 unspecified atom stereocenters. The quantitative estimate of drug-likeness (QED) is 0.181. The van der Waals surface area contributed by atoms with Crippen molar-refractivity contribution < 1.29 is 8.83 Å². The van der Waals surface area contributed by atoms with Crippen LogP contribution >= 0.6 is 0 Å². The third-order valence-electron chi connectivity index (χ3n) is 9.59. The molecule has 0 fully saturated rings. The van der Waals surface area contributed by atoms with Crippen LogP contribution in [-0.2, 0) is 0 Å². The van der Waals surface area contributed by atoms with Crippen LogP contribution in [0.2, 0.25) is 0 Å². The molecule has 0 aliphatic carbocycles. The van der Waals surface area contributed by atoms with Gasteiger partial charge in [0, 0.05) is 61.8 Å². The molecule has 236 valence electrons. The zero-order chi connectivity index (χ0) is 33.0. The second kappa shape index (κ2) is 11.4. The van der Waals surface area contributed by atoms with E-state index in [0.717, 1.165) is 88.8 Å². The fourth-order valence-electron chi connectivity index (χ4n) is 7.49. The van der Waals surface area contributed by atoms with Gasteiger partial charge in [0.2, 0.25) is 0 Å². The molecule has 0 N–H and O–H groups in total. The van der Waals surface area contributed by atoms with E-state index in [9.17, 15) is 0 Å². The summed E-state index contributed by atoms with van der Waals surface area (Å²) in [6, 6.07) is 63.3. The Hall–Kier alpha value is -6.78. The largest absolute Gasteiger partial charge is 0.456 e. The molecule has 4 nitrogen and oxygen atoms in total. The van der Waals surface area contributed by atoms with E-state index >= 15 is 0 Å². The van der Waals surface area contributed by atoms with E-state index < -0.39 is 0 Å². The van der Waals surface area contributed by atoms with E-state index in [2.05, 4.69) is 174 Å². The van der Waals surface area contributed by atoms with Crippen LogP contribution in [0.15, 0.2) is 191 Å². The number of hydrogen-bond donors (Lipinski definition) is 0. The Morgan fingerprint density at radius 2 is 0.720 bits per heavy atom. The van der Waals surface area contributed by atoms with Gasteiger partial charge in [-0.05, 0) is 60.0 Å². The van der Waals surface area contributed by atoms with Gasteiger partial charge in [-0.2, -0.15) is 0 Å². The van der Waals surface area contributed by atoms with Crippen molar-refractivity contribution in [3.8, 4) is 0 Å². The van der Waals surface area contributed by atoms with E-state index in [0.29, 0.717) is 0 Å². The number of furan rings is 2. The monoisotopic (exact) mass is 642 g/mol. The van der Waals surface area contributed by atoms with Crippen LogP contribution in [0.25, 0.3) is 54.6 Å². The molecule has 0 spiro atoms. The normalized spacial score (nSPS) is 11.6. The van der Waals surface area contributed by atoms with Gasteiger partial charge in [-0.3, -0.25) is 0 Å². The fraction of sp³-hybridized carbons (Fsp3) is 0. The Balaban J connectivity index is 1.34. The van der Waals surface area contributed by atoms with Crippen molar-refractivity contribution in [1.29, 1.82) is 0 Å². The summed E-state index contributed by atoms with van der Waals surface area (Å²) in [5.74, 6) is 0. The molecule has 0 radical (unpaired) electrons. The second-order valence-electron chi connectivity index (χ2n) is 12.5. The molecule has 10 rings (SSSR count). The Morgan fingerprint density at radius 1 is 0.300 bits per heavy atom. The highest BCUT2D eigenvalue weighted by molar-refractivity contribution is 6.33. The van der Waals surface area contributed by atoms with E-state index in [1.165, 1.54) is 0 Å². The molecule has 0 aliphatic rings. The highest BCUT2D eigenvalue weighted by atomic mass is 16.3. The summed E-state index contributed by atoms with van der Waals surface area (Å²) in [6.45, 7) is 0. The number of benzene rings is 8. The predicted molar refractivity (Wildman–Crippen MR) is 208 cm³/mol. The highest BCUT2D eigenvalue weighted by Gasteiger charge is 2.26. The van der Waals surface area contributed by atoms with Crippen molar-refractivity contribution >= 4 is 88.8 Å². The Bertz CT molecular complexity index is 2730. The van der Waals surface area contributed by atoms with E-state index in [-0.39, 0.29) is 0 Å². The topological polar surface area (TPSA) is 32.8 Å². The number of para-hydroxylation sites is 5. The molecule has 50 heavy (non-hydrogen) atoms. The van der Waals surface area contributed by atoms with Gasteiger partial charge in [0.1, 0.15) is 16.7 Å². The lowest BCUT2D eigenvalue weighted by atomic mass is 9.98. The standard InChI is InChI=1S/C46H30N2O2/c1-5-17-31(18-6-1)47(32-19-7-2-8-20-32)38-29-41-43(36-26-14-13-25-35(36)38)45-42(49-41)30-39(46-44(45)37-27-15-16-28-40(37)50-46)48(33-21-9-3-10-22-33)34-23-11-4-12-24-34/h1-30H. The molecular formula is C46H30N2O2. The van der Waals surface area contributed by atoms with Gasteiger partial charge >= 0.3 is 0 Å². The Kier molecular flexibility index (Phi) is 6.46. The molecule has 10 aromatic rings. The zero-order valence-electron chi connectivity index (χ0n) is 27.0. The average molecular weight is 643 g/mol. The molecule has 0 saturated carbocycles. The minimum Gasteiger partial charge on any atom is -0.456 e. The van der Waals surface area contributed by atoms with Gasteiger partial charge in [-0.25, -0.2) is 0 Å². The van der Waals surface area contributed by atoms with Crippen LogP contribution < -0.4 is 9.80 Å². The lowest BCUT2D eigenvalue weighted by Gasteiger charge is -2.27.